The van der Waals surface area contributed by atoms with Gasteiger partial charge in [0.15, 0.2) is 5.11 Å². The molecular weight excluding hydrogens is 410 g/mol. The molecule has 1 fully saturated rings. The number of fused-ring (bicyclic) bond motifs is 1. The lowest BCUT2D eigenvalue weighted by molar-refractivity contribution is 0.200. The Bertz CT molecular complexity index is 1090. The van der Waals surface area contributed by atoms with E-state index in [1.807, 2.05) is 36.4 Å². The second-order valence-corrected chi connectivity index (χ2v) is 8.09. The maximum Gasteiger partial charge on any atom is 0.251 e. The Morgan fingerprint density at radius 3 is 2.68 bits per heavy atom. The van der Waals surface area contributed by atoms with E-state index in [1.165, 1.54) is 0 Å². The van der Waals surface area contributed by atoms with Gasteiger partial charge in [-0.25, -0.2) is 0 Å². The molecule has 0 aliphatic carbocycles. The summed E-state index contributed by atoms with van der Waals surface area (Å²) in [5.74, 6) is 0.652. The molecule has 7 nitrogen and oxygen atoms in total. The van der Waals surface area contributed by atoms with E-state index < -0.39 is 0 Å². The molecule has 1 saturated heterocycles. The Labute approximate surface area is 187 Å². The van der Waals surface area contributed by atoms with Crippen molar-refractivity contribution < 1.29 is 4.74 Å². The number of para-hydroxylation sites is 1. The van der Waals surface area contributed by atoms with Crippen molar-refractivity contribution in [1.29, 1.82) is 0 Å². The van der Waals surface area contributed by atoms with Gasteiger partial charge in [0, 0.05) is 50.0 Å². The third-order valence-corrected chi connectivity index (χ3v) is 5.86. The molecule has 4 rings (SSSR count). The molecule has 0 radical (unpaired) electrons. The molecule has 8 heteroatoms. The van der Waals surface area contributed by atoms with Crippen LogP contribution in [-0.2, 0) is 6.54 Å². The Hall–Kier alpha value is -2.97. The van der Waals surface area contributed by atoms with Crippen LogP contribution in [0.15, 0.2) is 59.5 Å². The van der Waals surface area contributed by atoms with E-state index in [0.717, 1.165) is 49.2 Å². The van der Waals surface area contributed by atoms with Crippen molar-refractivity contribution in [2.75, 3.05) is 32.1 Å². The summed E-state index contributed by atoms with van der Waals surface area (Å²) in [6.45, 7) is 3.37. The lowest BCUT2D eigenvalue weighted by Crippen LogP contribution is -2.46. The highest BCUT2D eigenvalue weighted by atomic mass is 32.1. The van der Waals surface area contributed by atoms with Gasteiger partial charge in [-0.05, 0) is 43.3 Å². The van der Waals surface area contributed by atoms with Crippen LogP contribution in [0.4, 0.5) is 5.69 Å². The van der Waals surface area contributed by atoms with Crippen molar-refractivity contribution in [3.63, 3.8) is 0 Å². The average molecular weight is 438 g/mol. The van der Waals surface area contributed by atoms with Crippen LogP contribution in [0.1, 0.15) is 12.8 Å². The third kappa shape index (κ3) is 5.39. The fourth-order valence-corrected chi connectivity index (χ4v) is 4.19. The van der Waals surface area contributed by atoms with E-state index in [1.54, 1.807) is 30.0 Å². The first kappa shape index (κ1) is 21.3. The number of methoxy groups -OCH3 is 1. The first-order valence-electron chi connectivity index (χ1n) is 10.5. The molecule has 162 valence electrons. The molecule has 3 aromatic rings. The Morgan fingerprint density at radius 1 is 1.16 bits per heavy atom. The second kappa shape index (κ2) is 9.89. The summed E-state index contributed by atoms with van der Waals surface area (Å²) in [5, 5.41) is 7.32. The third-order valence-electron chi connectivity index (χ3n) is 5.64. The van der Waals surface area contributed by atoms with Crippen LogP contribution in [0.2, 0.25) is 0 Å². The number of anilines is 1. The van der Waals surface area contributed by atoms with Crippen molar-refractivity contribution >= 4 is 34.1 Å². The number of nitrogens with one attached hydrogen (secondary N) is 2. The summed E-state index contributed by atoms with van der Waals surface area (Å²) in [5.41, 5.74) is 2.57. The molecular formula is C23H27N5O2S. The highest BCUT2D eigenvalue weighted by Crippen LogP contribution is 2.17. The lowest BCUT2D eigenvalue weighted by Gasteiger charge is -2.33. The van der Waals surface area contributed by atoms with Crippen LogP contribution >= 0.6 is 12.2 Å². The zero-order chi connectivity index (χ0) is 21.6. The van der Waals surface area contributed by atoms with E-state index in [9.17, 15) is 4.79 Å². The van der Waals surface area contributed by atoms with Crippen molar-refractivity contribution in [2.24, 2.45) is 0 Å². The standard InChI is InChI=1S/C23H27N5O2S/c1-30-19-15-21-20(24-16-19)7-8-22(29)28(21)14-13-27-11-9-18(10-12-27)26-23(31)25-17-5-3-2-4-6-17/h2-8,15-16,18H,9-14H2,1H3,(H2,25,26,31). The number of hydrogen-bond acceptors (Lipinski definition) is 5. The summed E-state index contributed by atoms with van der Waals surface area (Å²) in [6, 6.07) is 15.5. The van der Waals surface area contributed by atoms with Crippen LogP contribution in [0, 0.1) is 0 Å². The zero-order valence-corrected chi connectivity index (χ0v) is 18.4. The molecule has 0 bridgehead atoms. The topological polar surface area (TPSA) is 71.4 Å². The van der Waals surface area contributed by atoms with E-state index in [4.69, 9.17) is 17.0 Å². The summed E-state index contributed by atoms with van der Waals surface area (Å²) in [4.78, 5) is 19.3. The molecule has 0 atom stereocenters. The largest absolute Gasteiger partial charge is 0.495 e. The Morgan fingerprint density at radius 2 is 1.94 bits per heavy atom. The Kier molecular flexibility index (Phi) is 6.79. The number of thiocarbonyl (C=S) groups is 1. The van der Waals surface area contributed by atoms with Crippen molar-refractivity contribution in [2.45, 2.75) is 25.4 Å². The van der Waals surface area contributed by atoms with Gasteiger partial charge in [0.05, 0.1) is 24.3 Å². The first-order chi connectivity index (χ1) is 15.1. The molecule has 31 heavy (non-hydrogen) atoms. The molecule has 1 aliphatic rings. The number of nitrogens with zero attached hydrogens (tertiary/aromatic N) is 3. The average Bonchev–Trinajstić information content (AvgIpc) is 2.79. The number of aromatic nitrogens is 2. The van der Waals surface area contributed by atoms with E-state index in [-0.39, 0.29) is 5.56 Å². The van der Waals surface area contributed by atoms with Crippen molar-refractivity contribution in [3.8, 4) is 5.75 Å². The van der Waals surface area contributed by atoms with Gasteiger partial charge in [0.2, 0.25) is 0 Å². The van der Waals surface area contributed by atoms with Gasteiger partial charge in [-0.15, -0.1) is 0 Å². The van der Waals surface area contributed by atoms with Crippen LogP contribution in [0.25, 0.3) is 11.0 Å². The number of rotatable bonds is 6. The minimum atomic E-state index is -0.0172. The summed E-state index contributed by atoms with van der Waals surface area (Å²) >= 11 is 5.45. The highest BCUT2D eigenvalue weighted by Gasteiger charge is 2.20. The van der Waals surface area contributed by atoms with Gasteiger partial charge < -0.3 is 24.8 Å². The number of hydrogen-bond donors (Lipinski definition) is 2. The number of ether oxygens (including phenoxy) is 1. The molecule has 2 aromatic heterocycles. The van der Waals surface area contributed by atoms with Crippen LogP contribution in [0.5, 0.6) is 5.75 Å². The molecule has 0 saturated carbocycles. The first-order valence-corrected chi connectivity index (χ1v) is 10.9. The van der Waals surface area contributed by atoms with Crippen LogP contribution < -0.4 is 20.9 Å². The van der Waals surface area contributed by atoms with E-state index in [0.29, 0.717) is 23.4 Å². The van der Waals surface area contributed by atoms with E-state index in [2.05, 4.69) is 20.5 Å². The molecule has 1 aliphatic heterocycles. The Balaban J connectivity index is 1.30. The fraction of sp³-hybridized carbons (Fsp3) is 0.348. The number of piperidine rings is 1. The summed E-state index contributed by atoms with van der Waals surface area (Å²) in [6.07, 6.45) is 3.69. The van der Waals surface area contributed by atoms with Crippen molar-refractivity contribution in [3.05, 3.63) is 65.1 Å². The fourth-order valence-electron chi connectivity index (χ4n) is 3.91. The predicted octanol–water partition coefficient (Wildman–Crippen LogP) is 2.86. The number of pyridine rings is 2. The van der Waals surface area contributed by atoms with Gasteiger partial charge in [0.25, 0.3) is 5.56 Å². The smallest absolute Gasteiger partial charge is 0.251 e. The molecule has 3 heterocycles. The lowest BCUT2D eigenvalue weighted by atomic mass is 10.1. The number of benzene rings is 1. The maximum atomic E-state index is 12.5. The van der Waals surface area contributed by atoms with Crippen LogP contribution in [-0.4, -0.2) is 52.3 Å². The summed E-state index contributed by atoms with van der Waals surface area (Å²) < 4.78 is 7.07. The highest BCUT2D eigenvalue weighted by molar-refractivity contribution is 7.80. The number of likely N-dealkylation sites (tertiary alicyclic amines) is 1. The van der Waals surface area contributed by atoms with Gasteiger partial charge in [-0.3, -0.25) is 9.78 Å². The molecule has 1 aromatic carbocycles. The predicted molar refractivity (Wildman–Crippen MR) is 128 cm³/mol. The molecule has 2 N–H and O–H groups in total. The quantitative estimate of drug-likeness (QED) is 0.575. The van der Waals surface area contributed by atoms with Gasteiger partial charge >= 0.3 is 0 Å². The van der Waals surface area contributed by atoms with Gasteiger partial charge in [-0.1, -0.05) is 18.2 Å². The summed E-state index contributed by atoms with van der Waals surface area (Å²) in [7, 11) is 1.60. The minimum Gasteiger partial charge on any atom is -0.495 e. The van der Waals surface area contributed by atoms with E-state index >= 15 is 0 Å². The molecule has 0 amide bonds. The second-order valence-electron chi connectivity index (χ2n) is 7.68. The minimum absolute atomic E-state index is 0.0172. The molecule has 0 spiro atoms. The van der Waals surface area contributed by atoms with Gasteiger partial charge in [-0.2, -0.15) is 0 Å². The van der Waals surface area contributed by atoms with Gasteiger partial charge in [0.1, 0.15) is 5.75 Å². The zero-order valence-electron chi connectivity index (χ0n) is 17.6. The van der Waals surface area contributed by atoms with Crippen LogP contribution in [0.3, 0.4) is 0 Å². The SMILES string of the molecule is COc1cnc2ccc(=O)n(CCN3CCC(NC(=S)Nc4ccccc4)CC3)c2c1. The monoisotopic (exact) mass is 437 g/mol. The normalized spacial score (nSPS) is 15.0. The molecule has 0 unspecified atom stereocenters. The van der Waals surface area contributed by atoms with Crippen molar-refractivity contribution in [1.82, 2.24) is 19.8 Å². The maximum absolute atomic E-state index is 12.5.